The Balaban J connectivity index is 1.21. The third kappa shape index (κ3) is 3.94. The molecule has 2 aromatic heterocycles. The predicted molar refractivity (Wildman–Crippen MR) is 134 cm³/mol. The number of Topliss-reactive ketones (excluding diaryl/α,β-unsaturated/α-hetero) is 1. The number of piperidine rings is 1. The Kier molecular flexibility index (Phi) is 5.51. The lowest BCUT2D eigenvalue weighted by Gasteiger charge is -2.43. The number of methoxy groups -OCH3 is 2. The first kappa shape index (κ1) is 23.0. The first-order valence-electron chi connectivity index (χ1n) is 12.0. The zero-order valence-corrected chi connectivity index (χ0v) is 20.5. The SMILES string of the molecule is COc1cc(C(=O)N2CCC3(CC2)CC(=O)c2cc(-c4ncn[nH]4)ccc2O3)nc2c(OC)cccc12. The highest BCUT2D eigenvalue weighted by atomic mass is 16.5. The van der Waals surface area contributed by atoms with Crippen LogP contribution in [0.25, 0.3) is 22.3 Å². The van der Waals surface area contributed by atoms with Crippen molar-refractivity contribution in [1.29, 1.82) is 0 Å². The molecule has 0 unspecified atom stereocenters. The van der Waals surface area contributed by atoms with E-state index >= 15 is 0 Å². The second kappa shape index (κ2) is 8.88. The molecular formula is C27H25N5O5. The number of carbonyl (C=O) groups excluding carboxylic acids is 2. The summed E-state index contributed by atoms with van der Waals surface area (Å²) in [6.07, 6.45) is 2.78. The van der Waals surface area contributed by atoms with Gasteiger partial charge in [0, 0.05) is 42.9 Å². The quantitative estimate of drug-likeness (QED) is 0.452. The summed E-state index contributed by atoms with van der Waals surface area (Å²) in [5, 5.41) is 7.46. The molecule has 6 rings (SSSR count). The number of likely N-dealkylation sites (tertiary alicyclic amines) is 1. The summed E-state index contributed by atoms with van der Waals surface area (Å²) < 4.78 is 17.4. The van der Waals surface area contributed by atoms with Gasteiger partial charge in [0.15, 0.2) is 11.6 Å². The van der Waals surface area contributed by atoms with Gasteiger partial charge in [0.2, 0.25) is 0 Å². The maximum Gasteiger partial charge on any atom is 0.272 e. The fourth-order valence-corrected chi connectivity index (χ4v) is 5.18. The normalized spacial score (nSPS) is 16.4. The number of pyridine rings is 1. The molecule has 2 aliphatic heterocycles. The fraction of sp³-hybridized carbons (Fsp3) is 0.296. The monoisotopic (exact) mass is 499 g/mol. The van der Waals surface area contributed by atoms with Crippen molar-refractivity contribution >= 4 is 22.6 Å². The molecule has 2 aromatic carbocycles. The number of aromatic amines is 1. The molecule has 1 fully saturated rings. The minimum Gasteiger partial charge on any atom is -0.496 e. The lowest BCUT2D eigenvalue weighted by molar-refractivity contribution is -0.00583. The molecule has 1 N–H and O–H groups in total. The van der Waals surface area contributed by atoms with Crippen molar-refractivity contribution in [3.05, 3.63) is 60.0 Å². The molecular weight excluding hydrogens is 474 g/mol. The second-order valence-corrected chi connectivity index (χ2v) is 9.29. The molecule has 0 bridgehead atoms. The summed E-state index contributed by atoms with van der Waals surface area (Å²) in [6.45, 7) is 0.900. The molecule has 0 saturated carbocycles. The standard InChI is InChI=1S/C27H25N5O5/c1-35-22-5-3-4-17-23(36-2)13-19(30-24(17)22)26(34)32-10-8-27(9-11-32)14-20(33)18-12-16(6-7-21(18)37-27)25-28-15-29-31-25/h3-7,12-13,15H,8-11,14H2,1-2H3,(H,28,29,31). The van der Waals surface area contributed by atoms with E-state index in [0.717, 1.165) is 10.9 Å². The molecule has 1 saturated heterocycles. The lowest BCUT2D eigenvalue weighted by Crippen LogP contribution is -2.52. The number of ketones is 1. The summed E-state index contributed by atoms with van der Waals surface area (Å²) >= 11 is 0. The first-order valence-corrected chi connectivity index (χ1v) is 12.0. The van der Waals surface area contributed by atoms with Crippen LogP contribution in [-0.4, -0.2) is 69.7 Å². The van der Waals surface area contributed by atoms with E-state index in [0.29, 0.717) is 60.1 Å². The Labute approximate surface area is 212 Å². The Bertz CT molecular complexity index is 1510. The van der Waals surface area contributed by atoms with Crippen LogP contribution in [0, 0.1) is 0 Å². The van der Waals surface area contributed by atoms with E-state index in [1.165, 1.54) is 6.33 Å². The number of nitrogens with one attached hydrogen (secondary N) is 1. The van der Waals surface area contributed by atoms with Crippen LogP contribution < -0.4 is 14.2 Å². The minimum atomic E-state index is -0.633. The topological polar surface area (TPSA) is 120 Å². The number of carbonyl (C=O) groups is 2. The maximum atomic E-state index is 13.4. The third-order valence-electron chi connectivity index (χ3n) is 7.16. The summed E-state index contributed by atoms with van der Waals surface area (Å²) in [6, 6.07) is 12.7. The Hall–Kier alpha value is -4.47. The van der Waals surface area contributed by atoms with Gasteiger partial charge in [-0.1, -0.05) is 6.07 Å². The molecule has 0 aliphatic carbocycles. The summed E-state index contributed by atoms with van der Waals surface area (Å²) in [5.74, 6) is 2.12. The van der Waals surface area contributed by atoms with Gasteiger partial charge in [0.05, 0.1) is 26.2 Å². The van der Waals surface area contributed by atoms with Crippen LogP contribution in [-0.2, 0) is 0 Å². The van der Waals surface area contributed by atoms with Gasteiger partial charge in [0.1, 0.15) is 40.4 Å². The molecule has 10 nitrogen and oxygen atoms in total. The smallest absolute Gasteiger partial charge is 0.272 e. The maximum absolute atomic E-state index is 13.4. The molecule has 4 aromatic rings. The van der Waals surface area contributed by atoms with Crippen LogP contribution in [0.5, 0.6) is 17.2 Å². The fourth-order valence-electron chi connectivity index (χ4n) is 5.18. The molecule has 10 heteroatoms. The van der Waals surface area contributed by atoms with E-state index < -0.39 is 5.60 Å². The number of ether oxygens (including phenoxy) is 3. The van der Waals surface area contributed by atoms with Gasteiger partial charge < -0.3 is 19.1 Å². The zero-order chi connectivity index (χ0) is 25.6. The van der Waals surface area contributed by atoms with Crippen molar-refractivity contribution in [2.24, 2.45) is 0 Å². The predicted octanol–water partition coefficient (Wildman–Crippen LogP) is 3.68. The minimum absolute atomic E-state index is 0.0235. The molecule has 37 heavy (non-hydrogen) atoms. The van der Waals surface area contributed by atoms with Gasteiger partial charge in [-0.3, -0.25) is 14.7 Å². The van der Waals surface area contributed by atoms with Crippen molar-refractivity contribution in [3.8, 4) is 28.6 Å². The molecule has 1 amide bonds. The van der Waals surface area contributed by atoms with Gasteiger partial charge in [-0.15, -0.1) is 0 Å². The second-order valence-electron chi connectivity index (χ2n) is 9.29. The van der Waals surface area contributed by atoms with Crippen molar-refractivity contribution in [2.45, 2.75) is 24.9 Å². The van der Waals surface area contributed by atoms with Crippen molar-refractivity contribution in [3.63, 3.8) is 0 Å². The Morgan fingerprint density at radius 3 is 2.62 bits per heavy atom. The average molecular weight is 500 g/mol. The molecule has 0 atom stereocenters. The number of para-hydroxylation sites is 1. The molecule has 2 aliphatic rings. The van der Waals surface area contributed by atoms with Crippen LogP contribution >= 0.6 is 0 Å². The highest BCUT2D eigenvalue weighted by Crippen LogP contribution is 2.41. The first-order chi connectivity index (χ1) is 18.0. The number of hydrogen-bond donors (Lipinski definition) is 1. The molecule has 188 valence electrons. The summed E-state index contributed by atoms with van der Waals surface area (Å²) in [7, 11) is 3.14. The van der Waals surface area contributed by atoms with Gasteiger partial charge in [-0.05, 0) is 30.3 Å². The molecule has 0 radical (unpaired) electrons. The number of amides is 1. The third-order valence-corrected chi connectivity index (χ3v) is 7.16. The number of fused-ring (bicyclic) bond motifs is 2. The number of H-pyrrole nitrogens is 1. The van der Waals surface area contributed by atoms with Gasteiger partial charge in [-0.2, -0.15) is 5.10 Å². The lowest BCUT2D eigenvalue weighted by atomic mass is 9.82. The number of benzene rings is 2. The average Bonchev–Trinajstić information content (AvgIpc) is 3.47. The van der Waals surface area contributed by atoms with Crippen LogP contribution in [0.4, 0.5) is 0 Å². The number of aromatic nitrogens is 4. The van der Waals surface area contributed by atoms with Gasteiger partial charge in [-0.25, -0.2) is 9.97 Å². The van der Waals surface area contributed by atoms with E-state index in [1.807, 2.05) is 24.3 Å². The van der Waals surface area contributed by atoms with Crippen LogP contribution in [0.3, 0.4) is 0 Å². The highest BCUT2D eigenvalue weighted by Gasteiger charge is 2.44. The van der Waals surface area contributed by atoms with Crippen molar-refractivity contribution < 1.29 is 23.8 Å². The zero-order valence-electron chi connectivity index (χ0n) is 20.5. The largest absolute Gasteiger partial charge is 0.496 e. The number of rotatable bonds is 4. The van der Waals surface area contributed by atoms with E-state index in [2.05, 4.69) is 20.2 Å². The highest BCUT2D eigenvalue weighted by molar-refractivity contribution is 6.01. The Morgan fingerprint density at radius 1 is 1.08 bits per heavy atom. The van der Waals surface area contributed by atoms with Crippen LogP contribution in [0.15, 0.2) is 48.8 Å². The summed E-state index contributed by atoms with van der Waals surface area (Å²) in [4.78, 5) is 37.1. The molecule has 1 spiro atoms. The summed E-state index contributed by atoms with van der Waals surface area (Å²) in [5.41, 5.74) is 1.55. The Morgan fingerprint density at radius 2 is 1.89 bits per heavy atom. The van der Waals surface area contributed by atoms with Crippen LogP contribution in [0.1, 0.15) is 40.1 Å². The molecule has 4 heterocycles. The van der Waals surface area contributed by atoms with E-state index in [9.17, 15) is 9.59 Å². The van der Waals surface area contributed by atoms with Gasteiger partial charge >= 0.3 is 0 Å². The number of nitrogens with zero attached hydrogens (tertiary/aromatic N) is 4. The van der Waals surface area contributed by atoms with Crippen molar-refractivity contribution in [2.75, 3.05) is 27.3 Å². The van der Waals surface area contributed by atoms with E-state index in [-0.39, 0.29) is 23.8 Å². The van der Waals surface area contributed by atoms with Crippen molar-refractivity contribution in [1.82, 2.24) is 25.1 Å². The van der Waals surface area contributed by atoms with E-state index in [4.69, 9.17) is 14.2 Å². The van der Waals surface area contributed by atoms with Crippen LogP contribution in [0.2, 0.25) is 0 Å². The number of hydrogen-bond acceptors (Lipinski definition) is 8. The van der Waals surface area contributed by atoms with E-state index in [1.54, 1.807) is 37.3 Å². The van der Waals surface area contributed by atoms with Gasteiger partial charge in [0.25, 0.3) is 5.91 Å².